The number of hydrogen-bond donors (Lipinski definition) is 1. The zero-order valence-electron chi connectivity index (χ0n) is 16.8. The first kappa shape index (κ1) is 20.9. The summed E-state index contributed by atoms with van der Waals surface area (Å²) in [5.41, 5.74) is 1.73. The molecule has 0 aromatic heterocycles. The van der Waals surface area contributed by atoms with Crippen LogP contribution >= 0.6 is 0 Å². The van der Waals surface area contributed by atoms with Crippen molar-refractivity contribution in [2.24, 2.45) is 0 Å². The van der Waals surface area contributed by atoms with Gasteiger partial charge < -0.3 is 14.5 Å². The molecule has 6 nitrogen and oxygen atoms in total. The number of likely N-dealkylation sites (N-methyl/N-ethyl adjacent to an activating group) is 1. The molecule has 0 aliphatic carbocycles. The highest BCUT2D eigenvalue weighted by Crippen LogP contribution is 2.30. The average Bonchev–Trinajstić information content (AvgIpc) is 2.69. The fraction of sp³-hybridized carbons (Fsp3) is 0.571. The molecule has 1 N–H and O–H groups in total. The Kier molecular flexibility index (Phi) is 6.98. The Morgan fingerprint density at radius 1 is 1.26 bits per heavy atom. The van der Waals surface area contributed by atoms with Crippen molar-refractivity contribution in [3.05, 3.63) is 34.7 Å². The molecule has 0 radical (unpaired) electrons. The van der Waals surface area contributed by atoms with Gasteiger partial charge in [-0.3, -0.25) is 4.79 Å². The lowest BCUT2D eigenvalue weighted by Gasteiger charge is -2.44. The molecule has 1 fully saturated rings. The lowest BCUT2D eigenvalue weighted by molar-refractivity contribution is -0.943. The number of benzene rings is 1. The van der Waals surface area contributed by atoms with Crippen LogP contribution in [0.2, 0.25) is 0 Å². The Bertz CT molecular complexity index is 746. The van der Waals surface area contributed by atoms with Crippen LogP contribution in [0.4, 0.5) is 11.4 Å². The fourth-order valence-electron chi connectivity index (χ4n) is 3.96. The van der Waals surface area contributed by atoms with E-state index in [1.165, 1.54) is 12.5 Å². The monoisotopic (exact) mass is 372 g/mol. The maximum absolute atomic E-state index is 13.1. The van der Waals surface area contributed by atoms with Crippen molar-refractivity contribution >= 4 is 23.3 Å². The molecule has 1 heterocycles. The molecule has 1 aromatic carbocycles. The lowest BCUT2D eigenvalue weighted by atomic mass is 10.0. The number of hydrogen-bond acceptors (Lipinski definition) is 3. The third-order valence-electron chi connectivity index (χ3n) is 5.73. The Hall–Kier alpha value is -2.39. The molecule has 6 heteroatoms. The highest BCUT2D eigenvalue weighted by atomic mass is 16.5. The second-order valence-corrected chi connectivity index (χ2v) is 7.23. The maximum Gasteiger partial charge on any atom is 0.338 e. The van der Waals surface area contributed by atoms with E-state index in [9.17, 15) is 9.59 Å². The van der Waals surface area contributed by atoms with Crippen LogP contribution in [0.3, 0.4) is 0 Å². The summed E-state index contributed by atoms with van der Waals surface area (Å²) in [6.45, 7) is 18.0. The van der Waals surface area contributed by atoms with Gasteiger partial charge in [0.15, 0.2) is 11.7 Å². The van der Waals surface area contributed by atoms with Gasteiger partial charge in [0.2, 0.25) is 0 Å². The molecule has 1 aliphatic heterocycles. The summed E-state index contributed by atoms with van der Waals surface area (Å²) >= 11 is 0. The van der Waals surface area contributed by atoms with Crippen LogP contribution in [-0.2, 0) is 9.53 Å². The van der Waals surface area contributed by atoms with Gasteiger partial charge in [-0.15, -0.1) is 0 Å². The summed E-state index contributed by atoms with van der Waals surface area (Å²) < 4.78 is 5.90. The Balaban J connectivity index is 2.33. The number of piperidine rings is 1. The number of anilines is 1. The van der Waals surface area contributed by atoms with Crippen molar-refractivity contribution in [1.29, 1.82) is 0 Å². The molecule has 0 saturated carbocycles. The third-order valence-corrected chi connectivity index (χ3v) is 5.73. The normalized spacial score (nSPS) is 16.9. The first-order valence-corrected chi connectivity index (χ1v) is 9.74. The zero-order chi connectivity index (χ0) is 20.0. The highest BCUT2D eigenvalue weighted by Gasteiger charge is 2.38. The number of amides is 1. The second kappa shape index (κ2) is 9.01. The molecule has 27 heavy (non-hydrogen) atoms. The van der Waals surface area contributed by atoms with Gasteiger partial charge in [0.1, 0.15) is 0 Å². The van der Waals surface area contributed by atoms with Gasteiger partial charge in [-0.05, 0) is 58.6 Å². The number of esters is 1. The number of aryl methyl sites for hydroxylation is 1. The third kappa shape index (κ3) is 4.48. The summed E-state index contributed by atoms with van der Waals surface area (Å²) in [7, 11) is 0. The van der Waals surface area contributed by atoms with E-state index in [1.807, 2.05) is 6.92 Å². The molecular formula is C21H30N3O3+. The SMILES string of the molecule is [C-]#[N+]c1cc(C)c(NC(=O)C(C)[N+]2(CC)CCCCC2)c(C(=O)OCC)c1. The van der Waals surface area contributed by atoms with Crippen LogP contribution in [0, 0.1) is 13.5 Å². The molecule has 1 unspecified atom stereocenters. The lowest BCUT2D eigenvalue weighted by Crippen LogP contribution is -2.60. The number of nitrogens with zero attached hydrogens (tertiary/aromatic N) is 2. The van der Waals surface area contributed by atoms with Gasteiger partial charge in [0.25, 0.3) is 5.91 Å². The van der Waals surface area contributed by atoms with E-state index in [2.05, 4.69) is 17.1 Å². The van der Waals surface area contributed by atoms with Gasteiger partial charge in [0.05, 0.1) is 44.1 Å². The van der Waals surface area contributed by atoms with E-state index in [1.54, 1.807) is 19.9 Å². The quantitative estimate of drug-likeness (QED) is 0.465. The molecule has 1 aliphatic rings. The molecule has 0 spiro atoms. The number of nitrogens with one attached hydrogen (secondary N) is 1. The van der Waals surface area contributed by atoms with Crippen LogP contribution in [0.5, 0.6) is 0 Å². The molecule has 0 bridgehead atoms. The molecule has 1 atom stereocenters. The van der Waals surface area contributed by atoms with E-state index < -0.39 is 5.97 Å². The molecule has 2 rings (SSSR count). The largest absolute Gasteiger partial charge is 0.462 e. The maximum atomic E-state index is 13.1. The number of ether oxygens (including phenoxy) is 1. The second-order valence-electron chi connectivity index (χ2n) is 7.23. The molecule has 1 saturated heterocycles. The molecule has 1 amide bonds. The van der Waals surface area contributed by atoms with Gasteiger partial charge in [-0.2, -0.15) is 0 Å². The number of quaternary nitrogens is 1. The van der Waals surface area contributed by atoms with Crippen LogP contribution < -0.4 is 5.32 Å². The van der Waals surface area contributed by atoms with E-state index >= 15 is 0 Å². The molecular weight excluding hydrogens is 342 g/mol. The van der Waals surface area contributed by atoms with Crippen molar-refractivity contribution in [2.45, 2.75) is 53.0 Å². The van der Waals surface area contributed by atoms with E-state index in [0.29, 0.717) is 16.9 Å². The van der Waals surface area contributed by atoms with Crippen molar-refractivity contribution in [3.8, 4) is 0 Å². The van der Waals surface area contributed by atoms with Crippen LogP contribution in [-0.4, -0.2) is 48.6 Å². The molecule has 146 valence electrons. The first-order valence-electron chi connectivity index (χ1n) is 9.74. The smallest absolute Gasteiger partial charge is 0.338 e. The minimum Gasteiger partial charge on any atom is -0.462 e. The average molecular weight is 372 g/mol. The van der Waals surface area contributed by atoms with Crippen molar-refractivity contribution in [2.75, 3.05) is 31.6 Å². The number of carbonyl (C=O) groups excluding carboxylic acids is 2. The Morgan fingerprint density at radius 3 is 2.48 bits per heavy atom. The molecule has 1 aromatic rings. The van der Waals surface area contributed by atoms with Gasteiger partial charge in [0, 0.05) is 0 Å². The van der Waals surface area contributed by atoms with E-state index in [-0.39, 0.29) is 24.1 Å². The van der Waals surface area contributed by atoms with Crippen LogP contribution in [0.15, 0.2) is 12.1 Å². The van der Waals surface area contributed by atoms with Crippen LogP contribution in [0.25, 0.3) is 4.85 Å². The predicted octanol–water partition coefficient (Wildman–Crippen LogP) is 4.07. The summed E-state index contributed by atoms with van der Waals surface area (Å²) in [5, 5.41) is 2.97. The Morgan fingerprint density at radius 2 is 1.93 bits per heavy atom. The van der Waals surface area contributed by atoms with Crippen LogP contribution in [0.1, 0.15) is 56.0 Å². The summed E-state index contributed by atoms with van der Waals surface area (Å²) in [5.74, 6) is -0.616. The van der Waals surface area contributed by atoms with Crippen molar-refractivity contribution in [3.63, 3.8) is 0 Å². The van der Waals surface area contributed by atoms with Crippen molar-refractivity contribution in [1.82, 2.24) is 0 Å². The highest BCUT2D eigenvalue weighted by molar-refractivity contribution is 6.04. The number of carbonyl (C=O) groups is 2. The predicted molar refractivity (Wildman–Crippen MR) is 106 cm³/mol. The van der Waals surface area contributed by atoms with Crippen molar-refractivity contribution < 1.29 is 18.8 Å². The summed E-state index contributed by atoms with van der Waals surface area (Å²) in [6, 6.07) is 2.97. The number of rotatable bonds is 6. The summed E-state index contributed by atoms with van der Waals surface area (Å²) in [6.07, 6.45) is 3.50. The first-order chi connectivity index (χ1) is 12.9. The number of likely N-dealkylation sites (tertiary alicyclic amines) is 1. The van der Waals surface area contributed by atoms with E-state index in [0.717, 1.165) is 37.0 Å². The van der Waals surface area contributed by atoms with Gasteiger partial charge in [-0.25, -0.2) is 9.64 Å². The Labute approximate surface area is 161 Å². The van der Waals surface area contributed by atoms with E-state index in [4.69, 9.17) is 11.3 Å². The van der Waals surface area contributed by atoms with Gasteiger partial charge >= 0.3 is 5.97 Å². The standard InChI is InChI=1S/C21H29N3O3/c1-6-24(11-9-8-10-12-24)16(4)20(25)23-19-15(3)13-17(22-5)14-18(19)21(26)27-7-2/h13-14,16H,6-12H2,1-4H3/p+1. The topological polar surface area (TPSA) is 59.8 Å². The fourth-order valence-corrected chi connectivity index (χ4v) is 3.96. The summed E-state index contributed by atoms with van der Waals surface area (Å²) in [4.78, 5) is 28.9. The minimum absolute atomic E-state index is 0.0945. The zero-order valence-corrected chi connectivity index (χ0v) is 16.8. The minimum atomic E-state index is -0.522. The van der Waals surface area contributed by atoms with Gasteiger partial charge in [-0.1, -0.05) is 6.07 Å².